The zero-order valence-corrected chi connectivity index (χ0v) is 23.9. The average molecular weight is 584 g/mol. The van der Waals surface area contributed by atoms with Crippen molar-refractivity contribution < 1.29 is 37.3 Å². The van der Waals surface area contributed by atoms with Crippen LogP contribution in [0, 0.1) is 0 Å². The molecule has 0 bridgehead atoms. The van der Waals surface area contributed by atoms with Gasteiger partial charge < -0.3 is 29.1 Å². The molecule has 1 atom stereocenters. The lowest BCUT2D eigenvalue weighted by molar-refractivity contribution is -0.132. The highest BCUT2D eigenvalue weighted by Gasteiger charge is 2.40. The Morgan fingerprint density at radius 1 is 1.02 bits per heavy atom. The number of carbonyl (C=O) groups excluding carboxylic acids is 1. The van der Waals surface area contributed by atoms with Crippen molar-refractivity contribution in [1.29, 1.82) is 0 Å². The van der Waals surface area contributed by atoms with Gasteiger partial charge in [-0.2, -0.15) is 4.31 Å². The predicted octanol–water partition coefficient (Wildman–Crippen LogP) is 2.88. The van der Waals surface area contributed by atoms with E-state index in [1.165, 1.54) is 23.5 Å². The second-order valence-corrected chi connectivity index (χ2v) is 12.9. The first-order valence-corrected chi connectivity index (χ1v) is 15.1. The third-order valence-corrected chi connectivity index (χ3v) is 10.0. The number of benzene rings is 2. The molecule has 12 heteroatoms. The number of sulfonamides is 1. The van der Waals surface area contributed by atoms with Gasteiger partial charge in [-0.3, -0.25) is 4.79 Å². The lowest BCUT2D eigenvalue weighted by Crippen LogP contribution is -2.42. The summed E-state index contributed by atoms with van der Waals surface area (Å²) in [6, 6.07) is 10.3. The summed E-state index contributed by atoms with van der Waals surface area (Å²) < 4.78 is 44.9. The van der Waals surface area contributed by atoms with E-state index < -0.39 is 22.0 Å². The van der Waals surface area contributed by atoms with Crippen molar-refractivity contribution in [2.45, 2.75) is 29.6 Å². The molecule has 2 aromatic rings. The van der Waals surface area contributed by atoms with Gasteiger partial charge in [0.1, 0.15) is 19.0 Å². The topological polar surface area (TPSA) is 126 Å². The Bertz CT molecular complexity index is 1520. The predicted molar refractivity (Wildman–Crippen MR) is 148 cm³/mol. The van der Waals surface area contributed by atoms with Gasteiger partial charge in [0.05, 0.1) is 17.9 Å². The molecule has 2 amide bonds. The maximum Gasteiger partial charge on any atom is 0.407 e. The molecule has 0 spiro atoms. The van der Waals surface area contributed by atoms with E-state index in [2.05, 4.69) is 0 Å². The highest BCUT2D eigenvalue weighted by Crippen LogP contribution is 2.45. The molecule has 0 aromatic heterocycles. The monoisotopic (exact) mass is 583 g/mol. The van der Waals surface area contributed by atoms with Crippen molar-refractivity contribution in [1.82, 2.24) is 14.1 Å². The van der Waals surface area contributed by atoms with E-state index in [4.69, 9.17) is 14.2 Å². The number of hydrogen-bond donors (Lipinski definition) is 1. The Hall–Kier alpha value is -3.77. The number of nitrogens with zero attached hydrogens (tertiary/aromatic N) is 3. The summed E-state index contributed by atoms with van der Waals surface area (Å²) >= 11 is 0. The Balaban J connectivity index is 1.18. The van der Waals surface area contributed by atoms with E-state index in [9.17, 15) is 23.1 Å². The van der Waals surface area contributed by atoms with Crippen LogP contribution in [0.15, 0.2) is 52.4 Å². The smallest absolute Gasteiger partial charge is 0.407 e. The van der Waals surface area contributed by atoms with Gasteiger partial charge in [0.15, 0.2) is 11.5 Å². The second-order valence-electron chi connectivity index (χ2n) is 11.0. The Kier molecular flexibility index (Phi) is 7.06. The number of ether oxygens (including phenoxy) is 3. The minimum atomic E-state index is -3.78. The number of fused-ring (bicyclic) bond motifs is 1. The Morgan fingerprint density at radius 2 is 1.71 bits per heavy atom. The van der Waals surface area contributed by atoms with Gasteiger partial charge in [0, 0.05) is 45.8 Å². The molecule has 2 aromatic carbocycles. The summed E-state index contributed by atoms with van der Waals surface area (Å²) in [7, 11) is -0.705. The summed E-state index contributed by atoms with van der Waals surface area (Å²) in [5, 5.41) is 9.55. The summed E-state index contributed by atoms with van der Waals surface area (Å²) in [6.07, 6.45) is 1.00. The maximum atomic E-state index is 13.9. The van der Waals surface area contributed by atoms with Crippen LogP contribution >= 0.6 is 0 Å². The molecule has 3 aliphatic heterocycles. The fourth-order valence-electron chi connectivity index (χ4n) is 5.79. The minimum absolute atomic E-state index is 0.0103. The molecule has 218 valence electrons. The van der Waals surface area contributed by atoms with Crippen molar-refractivity contribution in [2.24, 2.45) is 0 Å². The Morgan fingerprint density at radius 3 is 2.34 bits per heavy atom. The van der Waals surface area contributed by atoms with E-state index in [0.717, 1.165) is 45.8 Å². The van der Waals surface area contributed by atoms with Gasteiger partial charge in [-0.1, -0.05) is 12.1 Å². The summed E-state index contributed by atoms with van der Waals surface area (Å²) in [4.78, 5) is 28.6. The molecule has 0 radical (unpaired) electrons. The molecule has 4 aliphatic rings. The lowest BCUT2D eigenvalue weighted by atomic mass is 9.93. The molecule has 0 saturated heterocycles. The van der Waals surface area contributed by atoms with Crippen molar-refractivity contribution in [2.75, 3.05) is 60.1 Å². The van der Waals surface area contributed by atoms with E-state index in [0.29, 0.717) is 43.7 Å². The van der Waals surface area contributed by atoms with E-state index >= 15 is 0 Å². The standard InChI is InChI=1S/C29H33N3O8S/c1-30(29(34)35)17-24(19-5-7-25(38-2)23(11-19)18-3-4-18)28(33)31-13-20-15-32(16-21(20)14-31)41(36,37)22-6-8-26-27(12-22)40-10-9-39-26/h5-8,11-12,18,24H,3-4,9-10,13-17H2,1-2H3,(H,34,35). The van der Waals surface area contributed by atoms with Crippen LogP contribution in [0.4, 0.5) is 4.79 Å². The van der Waals surface area contributed by atoms with Crippen LogP contribution in [-0.4, -0.2) is 99.7 Å². The summed E-state index contributed by atoms with van der Waals surface area (Å²) in [6.45, 7) is 1.80. The molecule has 6 rings (SSSR count). The fraction of sp³-hybridized carbons (Fsp3) is 0.448. The summed E-state index contributed by atoms with van der Waals surface area (Å²) in [5.41, 5.74) is 3.60. The minimum Gasteiger partial charge on any atom is -0.496 e. The van der Waals surface area contributed by atoms with E-state index in [1.54, 1.807) is 18.1 Å². The van der Waals surface area contributed by atoms with E-state index in [-0.39, 0.29) is 30.4 Å². The molecule has 1 saturated carbocycles. The molecular formula is C29H33N3O8S. The highest BCUT2D eigenvalue weighted by molar-refractivity contribution is 7.89. The van der Waals surface area contributed by atoms with Crippen LogP contribution in [-0.2, 0) is 14.8 Å². The molecule has 1 aliphatic carbocycles. The molecule has 1 fully saturated rings. The number of carbonyl (C=O) groups is 2. The van der Waals surface area contributed by atoms with Crippen LogP contribution in [0.1, 0.15) is 35.8 Å². The van der Waals surface area contributed by atoms with Crippen molar-refractivity contribution in [3.8, 4) is 17.2 Å². The molecule has 3 heterocycles. The van der Waals surface area contributed by atoms with Gasteiger partial charge >= 0.3 is 6.09 Å². The lowest BCUT2D eigenvalue weighted by Gasteiger charge is -2.29. The van der Waals surface area contributed by atoms with Crippen LogP contribution < -0.4 is 14.2 Å². The zero-order valence-electron chi connectivity index (χ0n) is 23.0. The van der Waals surface area contributed by atoms with Crippen LogP contribution in [0.3, 0.4) is 0 Å². The number of likely N-dealkylation sites (N-methyl/N-ethyl adjacent to an activating group) is 1. The average Bonchev–Trinajstić information content (AvgIpc) is 3.62. The summed E-state index contributed by atoms with van der Waals surface area (Å²) in [5.74, 6) is 1.22. The highest BCUT2D eigenvalue weighted by atomic mass is 32.2. The number of hydrogen-bond acceptors (Lipinski definition) is 7. The number of amides is 2. The SMILES string of the molecule is COc1ccc(C(CN(C)C(=O)O)C(=O)N2CC3=C(C2)CN(S(=O)(=O)c2ccc4c(c2)OCCO4)C3)cc1C1CC1. The number of methoxy groups -OCH3 is 1. The van der Waals surface area contributed by atoms with E-state index in [1.807, 2.05) is 18.2 Å². The first kappa shape index (κ1) is 27.4. The Labute approximate surface area is 238 Å². The molecule has 11 nitrogen and oxygen atoms in total. The maximum absolute atomic E-state index is 13.9. The number of rotatable bonds is 8. The zero-order chi connectivity index (χ0) is 28.9. The van der Waals surface area contributed by atoms with Crippen molar-refractivity contribution in [3.63, 3.8) is 0 Å². The third-order valence-electron chi connectivity index (χ3n) is 8.22. The normalized spacial score (nSPS) is 19.2. The first-order chi connectivity index (χ1) is 19.7. The van der Waals surface area contributed by atoms with Crippen molar-refractivity contribution >= 4 is 22.0 Å². The van der Waals surface area contributed by atoms with Crippen molar-refractivity contribution in [3.05, 3.63) is 58.7 Å². The molecule has 41 heavy (non-hydrogen) atoms. The van der Waals surface area contributed by atoms with Gasteiger partial charge in [-0.25, -0.2) is 13.2 Å². The molecule has 1 N–H and O–H groups in total. The number of carboxylic acid groups (broad SMARTS) is 1. The van der Waals surface area contributed by atoms with Gasteiger partial charge in [0.2, 0.25) is 15.9 Å². The first-order valence-electron chi connectivity index (χ1n) is 13.7. The largest absolute Gasteiger partial charge is 0.496 e. The van der Waals surface area contributed by atoms with Gasteiger partial charge in [-0.05, 0) is 59.2 Å². The second kappa shape index (κ2) is 10.6. The van der Waals surface area contributed by atoms with Gasteiger partial charge in [-0.15, -0.1) is 0 Å². The fourth-order valence-corrected chi connectivity index (χ4v) is 7.23. The van der Waals surface area contributed by atoms with Gasteiger partial charge in [0.25, 0.3) is 0 Å². The molecular weight excluding hydrogens is 550 g/mol. The molecule has 1 unspecified atom stereocenters. The van der Waals surface area contributed by atoms with Crippen LogP contribution in [0.25, 0.3) is 0 Å². The third kappa shape index (κ3) is 5.21. The quantitative estimate of drug-likeness (QED) is 0.471. The van der Waals surface area contributed by atoms with Crippen LogP contribution in [0.2, 0.25) is 0 Å². The van der Waals surface area contributed by atoms with Crippen LogP contribution in [0.5, 0.6) is 17.2 Å².